The fourth-order valence-electron chi connectivity index (χ4n) is 7.95. The van der Waals surface area contributed by atoms with Crippen LogP contribution in [0.3, 0.4) is 0 Å². The Kier molecular flexibility index (Phi) is 7.34. The van der Waals surface area contributed by atoms with Crippen LogP contribution in [0.1, 0.15) is 55.6 Å². The van der Waals surface area contributed by atoms with Crippen molar-refractivity contribution >= 4 is 32.8 Å². The summed E-state index contributed by atoms with van der Waals surface area (Å²) in [5, 5.41) is 26.6. The number of hydrogen-bond acceptors (Lipinski definition) is 11. The number of nitrogens with zero attached hydrogens (tertiary/aromatic N) is 9. The Bertz CT molecular complexity index is 1960. The molecular formula is C30H32F2N10O3S2. The Morgan fingerprint density at radius 3 is 2.74 bits per heavy atom. The van der Waals surface area contributed by atoms with Crippen molar-refractivity contribution in [3.63, 3.8) is 0 Å². The van der Waals surface area contributed by atoms with E-state index in [1.807, 2.05) is 16.3 Å². The molecule has 246 valence electrons. The number of aliphatic imine (C=N–C) groups is 1. The molecule has 3 unspecified atom stereocenters. The monoisotopic (exact) mass is 682 g/mol. The fraction of sp³-hybridized carbons (Fsp3) is 0.467. The second kappa shape index (κ2) is 11.4. The van der Waals surface area contributed by atoms with Gasteiger partial charge in [-0.15, -0.1) is 16.4 Å². The number of pyridine rings is 1. The van der Waals surface area contributed by atoms with E-state index in [4.69, 9.17) is 4.99 Å². The van der Waals surface area contributed by atoms with Gasteiger partial charge in [0.25, 0.3) is 0 Å². The zero-order valence-electron chi connectivity index (χ0n) is 25.3. The molecule has 8 rings (SSSR count). The number of rotatable bonds is 8. The van der Waals surface area contributed by atoms with E-state index in [0.717, 1.165) is 5.70 Å². The normalized spacial score (nSPS) is 29.1. The van der Waals surface area contributed by atoms with Gasteiger partial charge in [0.15, 0.2) is 16.7 Å². The number of thiazole rings is 1. The second-order valence-corrected chi connectivity index (χ2v) is 15.6. The zero-order valence-corrected chi connectivity index (χ0v) is 26.9. The maximum atomic E-state index is 14.0. The van der Waals surface area contributed by atoms with Crippen LogP contribution < -0.4 is 4.72 Å². The Hall–Kier alpha value is -3.93. The van der Waals surface area contributed by atoms with Crippen molar-refractivity contribution in [2.75, 3.05) is 13.1 Å². The van der Waals surface area contributed by atoms with Gasteiger partial charge in [-0.2, -0.15) is 13.9 Å². The van der Waals surface area contributed by atoms with Crippen LogP contribution in [0, 0.1) is 17.8 Å². The minimum absolute atomic E-state index is 0.0866. The number of aromatic nitrogens is 7. The third kappa shape index (κ3) is 5.10. The van der Waals surface area contributed by atoms with E-state index in [1.54, 1.807) is 30.7 Å². The van der Waals surface area contributed by atoms with Crippen molar-refractivity contribution in [3.05, 3.63) is 76.5 Å². The van der Waals surface area contributed by atoms with Crippen molar-refractivity contribution < 1.29 is 22.3 Å². The Balaban J connectivity index is 1.03. The maximum absolute atomic E-state index is 14.0. The lowest BCUT2D eigenvalue weighted by Gasteiger charge is -2.41. The minimum Gasteiger partial charge on any atom is -0.383 e. The number of hydrogen-bond donors (Lipinski definition) is 2. The van der Waals surface area contributed by atoms with Gasteiger partial charge in [-0.05, 0) is 55.2 Å². The number of alkyl halides is 2. The Morgan fingerprint density at radius 2 is 2.02 bits per heavy atom. The highest BCUT2D eigenvalue weighted by molar-refractivity contribution is 7.90. The summed E-state index contributed by atoms with van der Waals surface area (Å²) in [6.07, 6.45) is 7.84. The molecule has 1 saturated heterocycles. The van der Waals surface area contributed by atoms with Gasteiger partial charge >= 0.3 is 6.55 Å². The van der Waals surface area contributed by atoms with Crippen LogP contribution in [0.2, 0.25) is 0 Å². The van der Waals surface area contributed by atoms with Gasteiger partial charge in [-0.3, -0.25) is 4.99 Å². The van der Waals surface area contributed by atoms with E-state index in [1.165, 1.54) is 28.3 Å². The van der Waals surface area contributed by atoms with E-state index in [0.29, 0.717) is 57.7 Å². The molecular weight excluding hydrogens is 651 g/mol. The molecule has 17 heteroatoms. The van der Waals surface area contributed by atoms with Crippen molar-refractivity contribution in [3.8, 4) is 5.82 Å². The SMILES string of the molecule is CC1CC2C[C@@H](S(=O)(=O)N[C@H]3CC4=C(c5ccn(C(F)F)n5)CN=C(c5nccs5)N4C3)C[C@H]1C2(O)c1cn(-c2ccccn2)nn1. The first-order chi connectivity index (χ1) is 22.6. The summed E-state index contributed by atoms with van der Waals surface area (Å²) in [6.45, 7) is -0.194. The lowest BCUT2D eigenvalue weighted by molar-refractivity contribution is -0.0734. The summed E-state index contributed by atoms with van der Waals surface area (Å²) in [5.41, 5.74) is 0.988. The van der Waals surface area contributed by atoms with Crippen LogP contribution >= 0.6 is 11.3 Å². The largest absolute Gasteiger partial charge is 0.383 e. The minimum atomic E-state index is -3.82. The van der Waals surface area contributed by atoms with Gasteiger partial charge in [-0.25, -0.2) is 32.5 Å². The highest BCUT2D eigenvalue weighted by Gasteiger charge is 2.60. The summed E-state index contributed by atoms with van der Waals surface area (Å²) in [7, 11) is -3.82. The molecule has 4 aromatic rings. The number of sulfonamides is 1. The highest BCUT2D eigenvalue weighted by atomic mass is 32.2. The van der Waals surface area contributed by atoms with E-state index >= 15 is 0 Å². The van der Waals surface area contributed by atoms with Gasteiger partial charge in [0.05, 0.1) is 23.7 Å². The standard InChI is InChI=1S/C30H32F2N10O3S2/c1-17-10-18-11-20(13-22(17)30(18,43)25-16-42(39-36-25)26-4-2-3-6-33-26)47(44,45)38-19-12-24-21(23-5-8-41(37-23)29(31)32)14-35-27(40(24)15-19)28-34-7-9-46-28/h2-9,16-20,22,29,38,43H,10-15H2,1H3/t17?,18?,19-,20+,22+,30?/m0/s1. The summed E-state index contributed by atoms with van der Waals surface area (Å²) >= 11 is 1.42. The molecule has 6 atom stereocenters. The molecule has 2 bridgehead atoms. The number of aliphatic hydroxyl groups is 1. The lowest BCUT2D eigenvalue weighted by atomic mass is 9.71. The van der Waals surface area contributed by atoms with E-state index in [2.05, 4.69) is 37.0 Å². The van der Waals surface area contributed by atoms with Gasteiger partial charge in [0, 0.05) is 54.2 Å². The predicted octanol–water partition coefficient (Wildman–Crippen LogP) is 3.20. The predicted molar refractivity (Wildman–Crippen MR) is 168 cm³/mol. The average molecular weight is 683 g/mol. The molecule has 13 nitrogen and oxygen atoms in total. The topological polar surface area (TPSA) is 156 Å². The third-order valence-corrected chi connectivity index (χ3v) is 12.7. The number of amidine groups is 1. The van der Waals surface area contributed by atoms with Crippen molar-refractivity contribution in [2.24, 2.45) is 22.7 Å². The van der Waals surface area contributed by atoms with E-state index in [-0.39, 0.29) is 37.1 Å². The molecule has 0 aromatic carbocycles. The van der Waals surface area contributed by atoms with Crippen molar-refractivity contribution in [1.29, 1.82) is 0 Å². The summed E-state index contributed by atoms with van der Waals surface area (Å²) < 4.78 is 59.8. The smallest absolute Gasteiger partial charge is 0.333 e. The van der Waals surface area contributed by atoms with Crippen LogP contribution in [0.15, 0.2) is 65.1 Å². The number of fused-ring (bicyclic) bond motifs is 3. The van der Waals surface area contributed by atoms with E-state index < -0.39 is 33.5 Å². The lowest BCUT2D eigenvalue weighted by Crippen LogP contribution is -2.50. The van der Waals surface area contributed by atoms with Crippen molar-refractivity contribution in [1.82, 2.24) is 44.4 Å². The number of nitrogens with one attached hydrogen (secondary N) is 1. The van der Waals surface area contributed by atoms with Crippen molar-refractivity contribution in [2.45, 2.75) is 56.0 Å². The molecule has 6 heterocycles. The quantitative estimate of drug-likeness (QED) is 0.285. The first-order valence-electron chi connectivity index (χ1n) is 15.5. The van der Waals surface area contributed by atoms with Crippen LogP contribution in [-0.2, 0) is 15.6 Å². The van der Waals surface area contributed by atoms with E-state index in [9.17, 15) is 22.3 Å². The zero-order chi connectivity index (χ0) is 32.5. The molecule has 2 aliphatic heterocycles. The Morgan fingerprint density at radius 1 is 1.15 bits per heavy atom. The molecule has 2 N–H and O–H groups in total. The number of halogens is 2. The summed E-state index contributed by atoms with van der Waals surface area (Å²) in [6, 6.07) is 6.49. The molecule has 47 heavy (non-hydrogen) atoms. The molecule has 2 saturated carbocycles. The van der Waals surface area contributed by atoms with Crippen LogP contribution in [0.25, 0.3) is 11.4 Å². The van der Waals surface area contributed by atoms with Crippen LogP contribution in [-0.4, -0.2) is 83.4 Å². The molecule has 2 aliphatic carbocycles. The molecule has 3 fully saturated rings. The van der Waals surface area contributed by atoms with Gasteiger partial charge in [-0.1, -0.05) is 18.2 Å². The Labute approximate surface area is 273 Å². The third-order valence-electron chi connectivity index (χ3n) is 10.1. The van der Waals surface area contributed by atoms with Crippen LogP contribution in [0.4, 0.5) is 8.78 Å². The van der Waals surface area contributed by atoms with Gasteiger partial charge in [0.1, 0.15) is 11.3 Å². The average Bonchev–Trinajstić information content (AvgIpc) is 3.88. The molecule has 0 spiro atoms. The first-order valence-corrected chi connectivity index (χ1v) is 17.9. The second-order valence-electron chi connectivity index (χ2n) is 12.7. The summed E-state index contributed by atoms with van der Waals surface area (Å²) in [4.78, 5) is 15.4. The molecule has 4 aromatic heterocycles. The maximum Gasteiger partial charge on any atom is 0.333 e. The molecule has 0 radical (unpaired) electrons. The molecule has 0 amide bonds. The fourth-order valence-corrected chi connectivity index (χ4v) is 10.4. The van der Waals surface area contributed by atoms with Gasteiger partial charge in [0.2, 0.25) is 10.0 Å². The van der Waals surface area contributed by atoms with Crippen LogP contribution in [0.5, 0.6) is 0 Å². The first kappa shape index (κ1) is 30.4. The highest BCUT2D eigenvalue weighted by Crippen LogP contribution is 2.58. The molecule has 4 aliphatic rings. The summed E-state index contributed by atoms with van der Waals surface area (Å²) in [5.74, 6) is 0.650. The van der Waals surface area contributed by atoms with Gasteiger partial charge < -0.3 is 10.0 Å².